The molecule has 1 heterocycles. The smallest absolute Gasteiger partial charge is 0.320 e. The van der Waals surface area contributed by atoms with E-state index in [-0.39, 0.29) is 29.9 Å². The Morgan fingerprint density at radius 2 is 2.05 bits per heavy atom. The molecule has 0 aromatic rings. The lowest BCUT2D eigenvalue weighted by Crippen LogP contribution is -2.52. The molecular weight excluding hydrogens is 284 g/mol. The van der Waals surface area contributed by atoms with Gasteiger partial charge in [-0.3, -0.25) is 14.9 Å². The highest BCUT2D eigenvalue weighted by atomic mass is 32.2. The zero-order valence-electron chi connectivity index (χ0n) is 11.4. The number of carboxylic acids is 1. The number of rotatable bonds is 6. The molecule has 2 fully saturated rings. The van der Waals surface area contributed by atoms with Gasteiger partial charge in [-0.2, -0.15) is 0 Å². The summed E-state index contributed by atoms with van der Waals surface area (Å²) in [7, 11) is -3.08. The molecule has 2 rings (SSSR count). The van der Waals surface area contributed by atoms with Gasteiger partial charge in [0.2, 0.25) is 5.91 Å². The molecule has 0 aromatic heterocycles. The standard InChI is InChI=1S/C12H20N2O5S/c1-12(4-5-20(18,19)7-12)14-9(15)6-13-10(11(16)17)8-2-3-8/h8,10,13H,2-7H2,1H3,(H,14,15)(H,16,17). The Kier molecular flexibility index (Phi) is 4.06. The zero-order valence-corrected chi connectivity index (χ0v) is 12.2. The van der Waals surface area contributed by atoms with Gasteiger partial charge in [0, 0.05) is 0 Å². The Balaban J connectivity index is 1.82. The van der Waals surface area contributed by atoms with E-state index in [0.717, 1.165) is 12.8 Å². The van der Waals surface area contributed by atoms with Gasteiger partial charge >= 0.3 is 5.97 Å². The van der Waals surface area contributed by atoms with Gasteiger partial charge in [0.05, 0.1) is 23.6 Å². The average molecular weight is 304 g/mol. The lowest BCUT2D eigenvalue weighted by Gasteiger charge is -2.24. The lowest BCUT2D eigenvalue weighted by molar-refractivity contribution is -0.140. The number of sulfone groups is 1. The minimum atomic E-state index is -3.08. The van der Waals surface area contributed by atoms with Crippen molar-refractivity contribution in [2.75, 3.05) is 18.1 Å². The number of carbonyl (C=O) groups excluding carboxylic acids is 1. The second-order valence-corrected chi connectivity index (χ2v) is 8.17. The van der Waals surface area contributed by atoms with Crippen LogP contribution in [0.5, 0.6) is 0 Å². The number of aliphatic carboxylic acids is 1. The Morgan fingerprint density at radius 1 is 1.40 bits per heavy atom. The van der Waals surface area contributed by atoms with E-state index in [4.69, 9.17) is 5.11 Å². The zero-order chi connectivity index (χ0) is 15.0. The number of carbonyl (C=O) groups is 2. The predicted octanol–water partition coefficient (Wildman–Crippen LogP) is -0.867. The maximum atomic E-state index is 11.8. The third-order valence-electron chi connectivity index (χ3n) is 3.79. The molecule has 20 heavy (non-hydrogen) atoms. The van der Waals surface area contributed by atoms with Crippen LogP contribution in [0.3, 0.4) is 0 Å². The van der Waals surface area contributed by atoms with Crippen molar-refractivity contribution in [1.82, 2.24) is 10.6 Å². The van der Waals surface area contributed by atoms with E-state index < -0.39 is 27.4 Å². The second-order valence-electron chi connectivity index (χ2n) is 5.99. The molecule has 1 saturated carbocycles. The van der Waals surface area contributed by atoms with Crippen molar-refractivity contribution in [2.45, 2.75) is 37.8 Å². The first-order valence-electron chi connectivity index (χ1n) is 6.68. The van der Waals surface area contributed by atoms with E-state index in [1.807, 2.05) is 0 Å². The molecule has 1 aliphatic heterocycles. The van der Waals surface area contributed by atoms with E-state index in [2.05, 4.69) is 10.6 Å². The van der Waals surface area contributed by atoms with Crippen LogP contribution in [-0.4, -0.2) is 55.0 Å². The molecule has 1 saturated heterocycles. The number of nitrogens with one attached hydrogen (secondary N) is 2. The number of hydrogen-bond acceptors (Lipinski definition) is 5. The Hall–Kier alpha value is -1.15. The molecule has 114 valence electrons. The van der Waals surface area contributed by atoms with Crippen LogP contribution < -0.4 is 10.6 Å². The van der Waals surface area contributed by atoms with Gasteiger partial charge in [-0.15, -0.1) is 0 Å². The van der Waals surface area contributed by atoms with Crippen molar-refractivity contribution in [3.8, 4) is 0 Å². The van der Waals surface area contributed by atoms with Crippen molar-refractivity contribution in [2.24, 2.45) is 5.92 Å². The molecule has 2 unspecified atom stereocenters. The molecule has 2 atom stereocenters. The number of hydrogen-bond donors (Lipinski definition) is 3. The van der Waals surface area contributed by atoms with Gasteiger partial charge in [-0.1, -0.05) is 0 Å². The molecule has 0 aromatic carbocycles. The topological polar surface area (TPSA) is 113 Å². The van der Waals surface area contributed by atoms with Crippen LogP contribution in [0.4, 0.5) is 0 Å². The van der Waals surface area contributed by atoms with E-state index in [9.17, 15) is 18.0 Å². The molecule has 8 heteroatoms. The minimum Gasteiger partial charge on any atom is -0.480 e. The fourth-order valence-corrected chi connectivity index (χ4v) is 4.67. The molecule has 0 radical (unpaired) electrons. The summed E-state index contributed by atoms with van der Waals surface area (Å²) < 4.78 is 22.9. The Bertz CT molecular complexity index is 514. The molecule has 7 nitrogen and oxygen atoms in total. The fraction of sp³-hybridized carbons (Fsp3) is 0.833. The summed E-state index contributed by atoms with van der Waals surface area (Å²) in [6.07, 6.45) is 2.12. The molecule has 3 N–H and O–H groups in total. The third-order valence-corrected chi connectivity index (χ3v) is 5.69. The summed E-state index contributed by atoms with van der Waals surface area (Å²) in [6.45, 7) is 1.59. The minimum absolute atomic E-state index is 0.0588. The fourth-order valence-electron chi connectivity index (χ4n) is 2.58. The number of amides is 1. The number of carboxylic acid groups (broad SMARTS) is 1. The van der Waals surface area contributed by atoms with E-state index in [1.54, 1.807) is 6.92 Å². The predicted molar refractivity (Wildman–Crippen MR) is 72.0 cm³/mol. The summed E-state index contributed by atoms with van der Waals surface area (Å²) >= 11 is 0. The van der Waals surface area contributed by atoms with Crippen LogP contribution in [0.15, 0.2) is 0 Å². The summed E-state index contributed by atoms with van der Waals surface area (Å²) in [5.74, 6) is -1.19. The van der Waals surface area contributed by atoms with Crippen LogP contribution >= 0.6 is 0 Å². The summed E-state index contributed by atoms with van der Waals surface area (Å²) in [6, 6.07) is -0.694. The summed E-state index contributed by atoms with van der Waals surface area (Å²) in [4.78, 5) is 22.8. The van der Waals surface area contributed by atoms with Gasteiger partial charge < -0.3 is 10.4 Å². The molecule has 1 amide bonds. The van der Waals surface area contributed by atoms with Crippen LogP contribution in [0.1, 0.15) is 26.2 Å². The first kappa shape index (κ1) is 15.2. The van der Waals surface area contributed by atoms with Crippen molar-refractivity contribution < 1.29 is 23.1 Å². The normalized spacial score (nSPS) is 29.9. The highest BCUT2D eigenvalue weighted by molar-refractivity contribution is 7.91. The maximum Gasteiger partial charge on any atom is 0.320 e. The van der Waals surface area contributed by atoms with Crippen LogP contribution in [0.25, 0.3) is 0 Å². The molecule has 0 bridgehead atoms. The van der Waals surface area contributed by atoms with Crippen molar-refractivity contribution in [1.29, 1.82) is 0 Å². The SMILES string of the molecule is CC1(NC(=O)CNC(C(=O)O)C2CC2)CCS(=O)(=O)C1. The van der Waals surface area contributed by atoms with Crippen molar-refractivity contribution >= 4 is 21.7 Å². The first-order valence-corrected chi connectivity index (χ1v) is 8.51. The second kappa shape index (κ2) is 5.33. The van der Waals surface area contributed by atoms with Gasteiger partial charge in [0.25, 0.3) is 0 Å². The van der Waals surface area contributed by atoms with Crippen molar-refractivity contribution in [3.05, 3.63) is 0 Å². The van der Waals surface area contributed by atoms with Gasteiger partial charge in [0.1, 0.15) is 6.04 Å². The van der Waals surface area contributed by atoms with Crippen LogP contribution in [0.2, 0.25) is 0 Å². The van der Waals surface area contributed by atoms with Crippen LogP contribution in [-0.2, 0) is 19.4 Å². The summed E-state index contributed by atoms with van der Waals surface area (Å²) in [5, 5.41) is 14.4. The van der Waals surface area contributed by atoms with Crippen molar-refractivity contribution in [3.63, 3.8) is 0 Å². The van der Waals surface area contributed by atoms with Gasteiger partial charge in [0.15, 0.2) is 9.84 Å². The highest BCUT2D eigenvalue weighted by Gasteiger charge is 2.40. The third kappa shape index (κ3) is 3.92. The highest BCUT2D eigenvalue weighted by Crippen LogP contribution is 2.32. The average Bonchev–Trinajstić information content (AvgIpc) is 3.06. The monoisotopic (exact) mass is 304 g/mol. The van der Waals surface area contributed by atoms with Crippen LogP contribution in [0, 0.1) is 5.92 Å². The van der Waals surface area contributed by atoms with E-state index in [1.165, 1.54) is 0 Å². The molecular formula is C12H20N2O5S. The first-order chi connectivity index (χ1) is 9.21. The Morgan fingerprint density at radius 3 is 2.50 bits per heavy atom. The maximum absolute atomic E-state index is 11.8. The molecule has 1 aliphatic carbocycles. The Labute approximate surface area is 118 Å². The largest absolute Gasteiger partial charge is 0.480 e. The van der Waals surface area contributed by atoms with Gasteiger partial charge in [-0.05, 0) is 32.1 Å². The summed E-state index contributed by atoms with van der Waals surface area (Å²) in [5.41, 5.74) is -0.740. The quantitative estimate of drug-likeness (QED) is 0.588. The molecule has 2 aliphatic rings. The van der Waals surface area contributed by atoms with E-state index in [0.29, 0.717) is 6.42 Å². The van der Waals surface area contributed by atoms with E-state index >= 15 is 0 Å². The lowest BCUT2D eigenvalue weighted by atomic mass is 10.0. The van der Waals surface area contributed by atoms with Gasteiger partial charge in [-0.25, -0.2) is 8.42 Å². The molecule has 0 spiro atoms.